The van der Waals surface area contributed by atoms with E-state index in [1.54, 1.807) is 24.8 Å². The molecule has 0 spiro atoms. The van der Waals surface area contributed by atoms with E-state index in [2.05, 4.69) is 526 Å². The predicted octanol–water partition coefficient (Wildman–Crippen LogP) is 22.3. The topological polar surface area (TPSA) is 106 Å². The zero-order valence-corrected chi connectivity index (χ0v) is 89.5. The van der Waals surface area contributed by atoms with E-state index in [1.165, 1.54) is 108 Å². The molecule has 4 aromatic heterocycles. The van der Waals surface area contributed by atoms with E-state index < -0.39 is 77.9 Å². The van der Waals surface area contributed by atoms with Gasteiger partial charge in [-0.15, -0.1) is 0 Å². The first kappa shape index (κ1) is 117. The maximum absolute atomic E-state index is 9.75. The average Bonchev–Trinajstić information content (AvgIpc) is 1.06. The van der Waals surface area contributed by atoms with E-state index in [9.17, 15) is 34.5 Å². The molecule has 4 heterocycles. The summed E-state index contributed by atoms with van der Waals surface area (Å²) in [5.74, 6) is 4.99. The fourth-order valence-corrected chi connectivity index (χ4v) is 46.4. The molecular weight excluding hydrogens is 2160 g/mol. The Hall–Kier alpha value is -10.8. The summed E-state index contributed by atoms with van der Waals surface area (Å²) in [5, 5.41) is 45.7. The molecule has 0 saturated heterocycles. The van der Waals surface area contributed by atoms with Gasteiger partial charge in [-0.1, -0.05) is 316 Å². The summed E-state index contributed by atoms with van der Waals surface area (Å²) < 4.78 is 78.0. The van der Waals surface area contributed by atoms with Crippen molar-refractivity contribution in [1.82, 2.24) is 40.8 Å². The number of benzene rings is 16. The van der Waals surface area contributed by atoms with Gasteiger partial charge in [-0.25, -0.2) is 0 Å². The predicted molar refractivity (Wildman–Crippen MR) is 601 cm³/mol. The van der Waals surface area contributed by atoms with Crippen molar-refractivity contribution in [2.75, 3.05) is 23.6 Å². The zero-order valence-electron chi connectivity index (χ0n) is 77.8. The van der Waals surface area contributed by atoms with E-state index in [0.717, 1.165) is 11.4 Å². The molecule has 0 aliphatic carbocycles. The summed E-state index contributed by atoms with van der Waals surface area (Å²) in [5.41, 5.74) is 3.03. The fraction of sp³-hybridized carbons (Fsp3) is 0.0351. The fourth-order valence-electron chi connectivity index (χ4n) is 15.5. The van der Waals surface area contributed by atoms with Gasteiger partial charge < -0.3 is 54.9 Å². The van der Waals surface area contributed by atoms with Gasteiger partial charge in [-0.3, -0.25) is 20.4 Å². The molecular formula is C114H106B2Cu4F8N8P8+8. The number of halogens is 8. The molecule has 8 nitrogen and oxygen atoms in total. The first-order valence-electron chi connectivity index (χ1n) is 45.5. The minimum Gasteiger partial charge on any atom is -0.418 e. The minimum atomic E-state index is -6.00. The van der Waals surface area contributed by atoms with Gasteiger partial charge in [-0.05, 0) is 230 Å². The van der Waals surface area contributed by atoms with Crippen LogP contribution in [0.1, 0.15) is 0 Å². The van der Waals surface area contributed by atoms with Crippen LogP contribution >= 0.6 is 63.4 Å². The van der Waals surface area contributed by atoms with Crippen LogP contribution in [0.3, 0.4) is 0 Å². The van der Waals surface area contributed by atoms with E-state index >= 15 is 0 Å². The van der Waals surface area contributed by atoms with Crippen LogP contribution in [0.15, 0.2) is 546 Å². The second-order valence-electron chi connectivity index (χ2n) is 31.5. The molecule has 30 heteroatoms. The molecule has 144 heavy (non-hydrogen) atoms. The molecule has 0 atom stereocenters. The maximum atomic E-state index is 9.75. The Kier molecular flexibility index (Phi) is 52.6. The third-order valence-electron chi connectivity index (χ3n) is 22.0. The molecule has 0 unspecified atom stereocenters. The van der Waals surface area contributed by atoms with E-state index in [-0.39, 0.29) is 68.3 Å². The van der Waals surface area contributed by atoms with Crippen LogP contribution in [0.5, 0.6) is 0 Å². The minimum absolute atomic E-state index is 0. The summed E-state index contributed by atoms with van der Waals surface area (Å²) in [6.45, 7) is 0. The van der Waals surface area contributed by atoms with Gasteiger partial charge >= 0.3 is 82.8 Å². The summed E-state index contributed by atoms with van der Waals surface area (Å²) in [6.07, 6.45) is 6.60. The Bertz CT molecular complexity index is 5310. The van der Waals surface area contributed by atoms with Crippen molar-refractivity contribution in [1.29, 1.82) is 0 Å². The number of hydrogen-bond donors (Lipinski definition) is 0. The zero-order chi connectivity index (χ0) is 97.3. The standard InChI is InChI=1S/4C25H22P2.2C7H5N4.2BF4.4Cu/c4*1-5-13-22(14-6-1)26(23-15-7-2-8-16-23)21-27(24-17-9-3-10-18-24)25-19-11-4-12-20-25;2*1-2-4-8-6(3-1)7-5-9-11-10-7;2*2-1(3,4)5;;;;/h4*1-20H,21H2;2*1-5H;;;;;;/q;;;;4*-1;4*+1/p+8. The van der Waals surface area contributed by atoms with Crippen molar-refractivity contribution >= 4 is 163 Å². The summed E-state index contributed by atoms with van der Waals surface area (Å²) in [4.78, 5) is 8.16. The first-order chi connectivity index (χ1) is 68.6. The smallest absolute Gasteiger partial charge is 0.418 e. The maximum Gasteiger partial charge on any atom is 1.00 e. The monoisotopic (exact) mass is 2260 g/mol. The van der Waals surface area contributed by atoms with Crippen LogP contribution in [0.2, 0.25) is 0 Å². The Morgan fingerprint density at radius 2 is 0.340 bits per heavy atom. The summed E-state index contributed by atoms with van der Waals surface area (Å²) >= 11 is 0. The van der Waals surface area contributed by atoms with Gasteiger partial charge in [0.1, 0.15) is 148 Å². The largest absolute Gasteiger partial charge is 1.00 e. The van der Waals surface area contributed by atoms with Gasteiger partial charge in [0, 0.05) is 12.4 Å². The number of pyridine rings is 2. The van der Waals surface area contributed by atoms with Crippen LogP contribution in [0.4, 0.5) is 34.5 Å². The molecule has 20 rings (SSSR count). The van der Waals surface area contributed by atoms with Crippen molar-refractivity contribution < 1.29 is 103 Å². The SMILES string of the molecule is F[B-](F)(F)F.F[B-](F)(F)F.[Cu+].[Cu+].[Cu+].[Cu+].c1ccc(-c2c[n-]nn2)nc1.c1ccc(-c2cnn[n-]2)nc1.c1ccc([PH+](C[PH+](c2ccccc2)c2ccccc2)c2ccccc2)cc1.c1ccc([PH+](C[PH+](c2ccccc2)c2ccccc2)c2ccccc2)cc1.c1ccc([PH+](C[PH+](c2ccccc2)c2ccccc2)c2ccccc2)cc1.c1ccc([PH+](C[PH+](c2ccccc2)c2ccccc2)c2ccccc2)cc1. The molecule has 0 fully saturated rings. The normalized spacial score (nSPS) is 10.6. The summed E-state index contributed by atoms with van der Waals surface area (Å²) in [7, 11) is -18.8. The van der Waals surface area contributed by atoms with Crippen molar-refractivity contribution in [3.8, 4) is 22.8 Å². The number of aromatic nitrogens is 8. The van der Waals surface area contributed by atoms with Gasteiger partial charge in [0.05, 0.1) is 11.4 Å². The van der Waals surface area contributed by atoms with Crippen LogP contribution in [0.25, 0.3) is 22.8 Å². The molecule has 0 radical (unpaired) electrons. The van der Waals surface area contributed by atoms with E-state index in [0.29, 0.717) is 11.4 Å². The molecule has 16 aromatic carbocycles. The molecule has 20 aromatic rings. The number of nitrogens with zero attached hydrogens (tertiary/aromatic N) is 8. The van der Waals surface area contributed by atoms with E-state index in [1.807, 2.05) is 36.4 Å². The Morgan fingerprint density at radius 3 is 0.465 bits per heavy atom. The molecule has 0 saturated carbocycles. The second-order valence-corrected chi connectivity index (χ2v) is 54.0. The van der Waals surface area contributed by atoms with E-state index in [4.69, 9.17) is 0 Å². The van der Waals surface area contributed by atoms with Crippen molar-refractivity contribution in [2.24, 2.45) is 0 Å². The van der Waals surface area contributed by atoms with Crippen LogP contribution < -0.4 is 95.1 Å². The van der Waals surface area contributed by atoms with Crippen LogP contribution in [-0.2, 0) is 68.3 Å². The van der Waals surface area contributed by atoms with Gasteiger partial charge in [0.2, 0.25) is 0 Å². The Balaban J connectivity index is 0.000000192. The first-order valence-corrected chi connectivity index (χ1v) is 59.2. The molecule has 740 valence electrons. The van der Waals surface area contributed by atoms with Crippen molar-refractivity contribution in [3.63, 3.8) is 0 Å². The van der Waals surface area contributed by atoms with Gasteiger partial charge in [-0.2, -0.15) is 0 Å². The Morgan fingerprint density at radius 1 is 0.188 bits per heavy atom. The quantitative estimate of drug-likeness (QED) is 0.0300. The average molecular weight is 2260 g/mol. The third kappa shape index (κ3) is 40.2. The molecule has 0 N–H and O–H groups in total. The molecule has 0 aliphatic heterocycles. The van der Waals surface area contributed by atoms with Crippen LogP contribution in [-0.4, -0.2) is 68.7 Å². The molecule has 0 amide bonds. The second kappa shape index (κ2) is 64.9. The van der Waals surface area contributed by atoms with Gasteiger partial charge in [0.25, 0.3) is 0 Å². The third-order valence-corrected chi connectivity index (χ3v) is 49.8. The molecule has 0 bridgehead atoms. The van der Waals surface area contributed by atoms with Gasteiger partial charge in [0.15, 0.2) is 23.6 Å². The number of rotatable bonds is 26. The van der Waals surface area contributed by atoms with Crippen LogP contribution in [0, 0.1) is 0 Å². The molecule has 0 aliphatic rings. The van der Waals surface area contributed by atoms with Crippen molar-refractivity contribution in [3.05, 3.63) is 546 Å². The van der Waals surface area contributed by atoms with Crippen molar-refractivity contribution in [2.45, 2.75) is 0 Å². The number of hydrogen-bond acceptors (Lipinski definition) is 6. The summed E-state index contributed by atoms with van der Waals surface area (Å²) in [6, 6.07) is 189. The Labute approximate surface area is 891 Å².